The van der Waals surface area contributed by atoms with Crippen LogP contribution in [0, 0.1) is 5.92 Å². The molecule has 0 saturated heterocycles. The molecule has 0 aromatic carbocycles. The lowest BCUT2D eigenvalue weighted by molar-refractivity contribution is 0.332. The lowest BCUT2D eigenvalue weighted by atomic mass is 10.1. The van der Waals surface area contributed by atoms with Gasteiger partial charge in [0.1, 0.15) is 0 Å². The van der Waals surface area contributed by atoms with Crippen molar-refractivity contribution in [3.05, 3.63) is 23.9 Å². The van der Waals surface area contributed by atoms with Crippen LogP contribution in [0.25, 0.3) is 0 Å². The highest BCUT2D eigenvalue weighted by molar-refractivity contribution is 5.80. The first-order valence-electron chi connectivity index (χ1n) is 6.34. The van der Waals surface area contributed by atoms with Crippen molar-refractivity contribution in [2.45, 2.75) is 18.9 Å². The maximum absolute atomic E-state index is 5.97. The Bertz CT molecular complexity index is 453. The number of guanidine groups is 1. The number of ether oxygens (including phenoxy) is 1. The van der Waals surface area contributed by atoms with Gasteiger partial charge in [-0.05, 0) is 30.4 Å². The molecule has 1 aliphatic heterocycles. The molecule has 5 heteroatoms. The van der Waals surface area contributed by atoms with Crippen LogP contribution >= 0.6 is 0 Å². The number of aromatic nitrogens is 1. The first-order valence-corrected chi connectivity index (χ1v) is 6.34. The summed E-state index contributed by atoms with van der Waals surface area (Å²) in [5.41, 5.74) is 7.12. The lowest BCUT2D eigenvalue weighted by Crippen LogP contribution is -2.37. The minimum absolute atomic E-state index is 0.240. The van der Waals surface area contributed by atoms with Gasteiger partial charge in [0, 0.05) is 18.8 Å². The van der Waals surface area contributed by atoms with E-state index in [1.807, 2.05) is 18.3 Å². The predicted octanol–water partition coefficient (Wildman–Crippen LogP) is 1.17. The highest BCUT2D eigenvalue weighted by atomic mass is 16.5. The van der Waals surface area contributed by atoms with Crippen LogP contribution in [0.1, 0.15) is 24.4 Å². The van der Waals surface area contributed by atoms with Crippen molar-refractivity contribution in [2.75, 3.05) is 20.2 Å². The van der Waals surface area contributed by atoms with Crippen LogP contribution in [0.15, 0.2) is 23.3 Å². The van der Waals surface area contributed by atoms with Crippen molar-refractivity contribution in [1.29, 1.82) is 0 Å². The summed E-state index contributed by atoms with van der Waals surface area (Å²) >= 11 is 0. The van der Waals surface area contributed by atoms with E-state index >= 15 is 0 Å². The third kappa shape index (κ3) is 2.12. The molecular formula is C13H18N4O. The molecule has 1 aliphatic carbocycles. The van der Waals surface area contributed by atoms with Crippen molar-refractivity contribution < 1.29 is 4.74 Å². The van der Waals surface area contributed by atoms with Gasteiger partial charge in [0.15, 0.2) is 5.96 Å². The first-order chi connectivity index (χ1) is 8.78. The molecule has 0 bridgehead atoms. The average Bonchev–Trinajstić information content (AvgIpc) is 3.15. The minimum atomic E-state index is 0.240. The molecule has 1 atom stereocenters. The fourth-order valence-electron chi connectivity index (χ4n) is 2.32. The Labute approximate surface area is 107 Å². The molecule has 18 heavy (non-hydrogen) atoms. The standard InChI is InChI=1S/C13H18N4O/c1-18-12-5-4-10(6-15-12)11-7-16-13(14)17(11)8-9-2-3-9/h4-6,9,11H,2-3,7-8H2,1H3,(H2,14,16). The Kier molecular flexibility index (Phi) is 2.81. The average molecular weight is 246 g/mol. The number of nitrogens with two attached hydrogens (primary N) is 1. The number of rotatable bonds is 4. The summed E-state index contributed by atoms with van der Waals surface area (Å²) in [5, 5.41) is 0. The van der Waals surface area contributed by atoms with Crippen LogP contribution in [-0.4, -0.2) is 36.0 Å². The third-order valence-electron chi connectivity index (χ3n) is 3.60. The number of hydrogen-bond acceptors (Lipinski definition) is 5. The quantitative estimate of drug-likeness (QED) is 0.866. The van der Waals surface area contributed by atoms with Gasteiger partial charge >= 0.3 is 0 Å². The number of methoxy groups -OCH3 is 1. The summed E-state index contributed by atoms with van der Waals surface area (Å²) in [6.45, 7) is 1.75. The number of hydrogen-bond donors (Lipinski definition) is 1. The van der Waals surface area contributed by atoms with Crippen molar-refractivity contribution in [3.8, 4) is 5.88 Å². The van der Waals surface area contributed by atoms with Gasteiger partial charge in [-0.25, -0.2) is 4.98 Å². The Morgan fingerprint density at radius 3 is 2.89 bits per heavy atom. The molecule has 2 heterocycles. The minimum Gasteiger partial charge on any atom is -0.481 e. The maximum atomic E-state index is 5.97. The summed E-state index contributed by atoms with van der Waals surface area (Å²) in [4.78, 5) is 10.8. The van der Waals surface area contributed by atoms with E-state index in [9.17, 15) is 0 Å². The summed E-state index contributed by atoms with van der Waals surface area (Å²) in [6.07, 6.45) is 4.49. The molecule has 1 fully saturated rings. The normalized spacial score (nSPS) is 23.1. The zero-order valence-electron chi connectivity index (χ0n) is 10.5. The molecule has 3 rings (SSSR count). The Hall–Kier alpha value is -1.78. The molecular weight excluding hydrogens is 228 g/mol. The molecule has 1 aromatic heterocycles. The molecule has 2 N–H and O–H groups in total. The Balaban J connectivity index is 1.77. The predicted molar refractivity (Wildman–Crippen MR) is 69.4 cm³/mol. The second-order valence-electron chi connectivity index (χ2n) is 4.94. The van der Waals surface area contributed by atoms with Crippen LogP contribution in [0.5, 0.6) is 5.88 Å². The summed E-state index contributed by atoms with van der Waals surface area (Å²) < 4.78 is 5.08. The van der Waals surface area contributed by atoms with E-state index in [-0.39, 0.29) is 6.04 Å². The van der Waals surface area contributed by atoms with Gasteiger partial charge in [-0.2, -0.15) is 0 Å². The van der Waals surface area contributed by atoms with Gasteiger partial charge in [0.05, 0.1) is 19.7 Å². The van der Waals surface area contributed by atoms with E-state index in [1.54, 1.807) is 7.11 Å². The number of nitrogens with zero attached hydrogens (tertiary/aromatic N) is 3. The molecule has 1 unspecified atom stereocenters. The molecule has 96 valence electrons. The molecule has 5 nitrogen and oxygen atoms in total. The zero-order chi connectivity index (χ0) is 12.5. The van der Waals surface area contributed by atoms with Gasteiger partial charge < -0.3 is 15.4 Å². The van der Waals surface area contributed by atoms with E-state index in [4.69, 9.17) is 10.5 Å². The van der Waals surface area contributed by atoms with Crippen molar-refractivity contribution in [2.24, 2.45) is 16.6 Å². The van der Waals surface area contributed by atoms with Gasteiger partial charge in [-0.15, -0.1) is 0 Å². The summed E-state index contributed by atoms with van der Waals surface area (Å²) in [6, 6.07) is 4.17. The topological polar surface area (TPSA) is 63.7 Å². The van der Waals surface area contributed by atoms with Crippen LogP contribution in [0.2, 0.25) is 0 Å². The smallest absolute Gasteiger partial charge is 0.212 e. The fraction of sp³-hybridized carbons (Fsp3) is 0.538. The van der Waals surface area contributed by atoms with E-state index in [0.29, 0.717) is 11.8 Å². The molecule has 0 spiro atoms. The van der Waals surface area contributed by atoms with Gasteiger partial charge in [0.25, 0.3) is 0 Å². The number of pyridine rings is 1. The third-order valence-corrected chi connectivity index (χ3v) is 3.60. The monoisotopic (exact) mass is 246 g/mol. The van der Waals surface area contributed by atoms with E-state index < -0.39 is 0 Å². The summed E-state index contributed by atoms with van der Waals surface area (Å²) in [5.74, 6) is 2.10. The van der Waals surface area contributed by atoms with Crippen LogP contribution in [0.3, 0.4) is 0 Å². The van der Waals surface area contributed by atoms with E-state index in [2.05, 4.69) is 14.9 Å². The lowest BCUT2D eigenvalue weighted by Gasteiger charge is -2.26. The van der Waals surface area contributed by atoms with Crippen molar-refractivity contribution in [1.82, 2.24) is 9.88 Å². The molecule has 1 saturated carbocycles. The SMILES string of the molecule is COc1ccc(C2CN=C(N)N2CC2CC2)cn1. The van der Waals surface area contributed by atoms with Crippen molar-refractivity contribution in [3.63, 3.8) is 0 Å². The van der Waals surface area contributed by atoms with Gasteiger partial charge in [-0.3, -0.25) is 4.99 Å². The molecule has 2 aliphatic rings. The highest BCUT2D eigenvalue weighted by Gasteiger charge is 2.33. The molecule has 0 radical (unpaired) electrons. The fourth-order valence-corrected chi connectivity index (χ4v) is 2.32. The first kappa shape index (κ1) is 11.3. The van der Waals surface area contributed by atoms with Gasteiger partial charge in [-0.1, -0.05) is 0 Å². The number of aliphatic imine (C=N–C) groups is 1. The maximum Gasteiger partial charge on any atom is 0.212 e. The second-order valence-corrected chi connectivity index (χ2v) is 4.94. The van der Waals surface area contributed by atoms with E-state index in [0.717, 1.165) is 24.6 Å². The Morgan fingerprint density at radius 2 is 2.28 bits per heavy atom. The van der Waals surface area contributed by atoms with Crippen LogP contribution in [-0.2, 0) is 0 Å². The van der Waals surface area contributed by atoms with Crippen molar-refractivity contribution >= 4 is 5.96 Å². The van der Waals surface area contributed by atoms with E-state index in [1.165, 1.54) is 12.8 Å². The largest absolute Gasteiger partial charge is 0.481 e. The Morgan fingerprint density at radius 1 is 1.44 bits per heavy atom. The molecule has 0 amide bonds. The molecule has 1 aromatic rings. The highest BCUT2D eigenvalue weighted by Crippen LogP contribution is 2.34. The zero-order valence-corrected chi connectivity index (χ0v) is 10.5. The second kappa shape index (κ2) is 4.48. The van der Waals surface area contributed by atoms with Crippen LogP contribution in [0.4, 0.5) is 0 Å². The summed E-state index contributed by atoms with van der Waals surface area (Å²) in [7, 11) is 1.62. The van der Waals surface area contributed by atoms with Crippen LogP contribution < -0.4 is 10.5 Å². The van der Waals surface area contributed by atoms with Gasteiger partial charge in [0.2, 0.25) is 5.88 Å².